The number of halogens is 3. The first-order valence-corrected chi connectivity index (χ1v) is 12.5. The van der Waals surface area contributed by atoms with Crippen molar-refractivity contribution in [2.45, 2.75) is 30.7 Å². The molecule has 2 heterocycles. The molecule has 0 bridgehead atoms. The topological polar surface area (TPSA) is 264 Å². The molecule has 1 aliphatic rings. The fraction of sp³-hybridized carbons (Fsp3) is 0.600. The Balaban J connectivity index is 2.18. The SMILES string of the molecule is O=c1[nH]c(=O)n(C(F)(F)F)cc1[C@@H]1O[C@H](COP(=O)(O)OP(=O)(O)OP(=O)(O)O)[C@@H](O)[C@H]1O. The van der Waals surface area contributed by atoms with Gasteiger partial charge in [0.25, 0.3) is 5.56 Å². The quantitative estimate of drug-likeness (QED) is 0.181. The van der Waals surface area contributed by atoms with Gasteiger partial charge >= 0.3 is 35.5 Å². The number of H-pyrrole nitrogens is 1. The minimum atomic E-state index is -5.86. The first-order valence-electron chi connectivity index (χ1n) is 7.95. The van der Waals surface area contributed by atoms with Crippen molar-refractivity contribution in [3.8, 4) is 0 Å². The monoisotopic (exact) mass is 552 g/mol. The highest BCUT2D eigenvalue weighted by Crippen LogP contribution is 2.66. The second-order valence-corrected chi connectivity index (χ2v) is 10.6. The zero-order valence-corrected chi connectivity index (χ0v) is 18.1. The number of hydrogen-bond acceptors (Lipinski definition) is 11. The molecule has 1 saturated heterocycles. The second-order valence-electron chi connectivity index (χ2n) is 6.14. The minimum absolute atomic E-state index is 0.00745. The molecule has 1 aliphatic heterocycles. The van der Waals surface area contributed by atoms with E-state index >= 15 is 0 Å². The number of nitrogens with zero attached hydrogens (tertiary/aromatic N) is 1. The average molecular weight is 552 g/mol. The van der Waals surface area contributed by atoms with Crippen LogP contribution in [0.4, 0.5) is 13.2 Å². The highest BCUT2D eigenvalue weighted by molar-refractivity contribution is 7.66. The number of aromatic amines is 1. The van der Waals surface area contributed by atoms with Gasteiger partial charge < -0.3 is 34.5 Å². The average Bonchev–Trinajstić information content (AvgIpc) is 2.84. The van der Waals surface area contributed by atoms with Crippen LogP contribution < -0.4 is 11.2 Å². The van der Waals surface area contributed by atoms with Crippen LogP contribution in [-0.2, 0) is 37.9 Å². The molecule has 2 unspecified atom stereocenters. The lowest BCUT2D eigenvalue weighted by molar-refractivity contribution is -0.207. The standard InChI is InChI=1S/C10H14F3N2O15P3/c11-10(12,13)15-1-3(8(18)14-9(15)19)7-6(17)5(16)4(28-7)2-27-32(23,24)30-33(25,26)29-31(20,21)22/h1,4-7,16-17H,2H2,(H,23,24)(H,25,26)(H,14,18,19)(H2,20,21,22)/t4-,5-,6-,7+/m1/s1. The van der Waals surface area contributed by atoms with Crippen LogP contribution in [0, 0.1) is 0 Å². The number of aliphatic hydroxyl groups excluding tert-OH is 2. The molecule has 1 fully saturated rings. The molecule has 7 N–H and O–H groups in total. The van der Waals surface area contributed by atoms with Gasteiger partial charge in [0.05, 0.1) is 12.2 Å². The van der Waals surface area contributed by atoms with Gasteiger partial charge in [-0.05, 0) is 0 Å². The van der Waals surface area contributed by atoms with Crippen LogP contribution in [0.15, 0.2) is 15.8 Å². The van der Waals surface area contributed by atoms with Crippen LogP contribution in [0.5, 0.6) is 0 Å². The van der Waals surface area contributed by atoms with E-state index in [1.165, 1.54) is 4.98 Å². The van der Waals surface area contributed by atoms with Crippen LogP contribution in [0.1, 0.15) is 11.7 Å². The first-order chi connectivity index (χ1) is 14.7. The van der Waals surface area contributed by atoms with E-state index in [0.717, 1.165) is 0 Å². The molecule has 17 nitrogen and oxygen atoms in total. The second kappa shape index (κ2) is 9.43. The van der Waals surface area contributed by atoms with E-state index in [1.807, 2.05) is 0 Å². The number of ether oxygens (including phenoxy) is 1. The Kier molecular flexibility index (Phi) is 8.00. The molecule has 33 heavy (non-hydrogen) atoms. The maximum atomic E-state index is 12.9. The number of phosphoric acid groups is 3. The van der Waals surface area contributed by atoms with Crippen LogP contribution in [0.2, 0.25) is 0 Å². The van der Waals surface area contributed by atoms with Crippen LogP contribution in [0.25, 0.3) is 0 Å². The molecule has 2 rings (SSSR count). The fourth-order valence-corrected chi connectivity index (χ4v) is 5.52. The third-order valence-electron chi connectivity index (χ3n) is 3.73. The number of phosphoric ester groups is 1. The van der Waals surface area contributed by atoms with Gasteiger partial charge in [0.1, 0.15) is 24.4 Å². The fourth-order valence-electron chi connectivity index (χ4n) is 2.49. The number of aliphatic hydroxyl groups is 2. The van der Waals surface area contributed by atoms with Gasteiger partial charge in [0, 0.05) is 6.20 Å². The van der Waals surface area contributed by atoms with Gasteiger partial charge in [0.15, 0.2) is 0 Å². The summed E-state index contributed by atoms with van der Waals surface area (Å²) in [5.74, 6) is 0. The van der Waals surface area contributed by atoms with E-state index < -0.39 is 82.2 Å². The van der Waals surface area contributed by atoms with Gasteiger partial charge in [-0.15, -0.1) is 13.2 Å². The van der Waals surface area contributed by atoms with E-state index in [-0.39, 0.29) is 6.20 Å². The van der Waals surface area contributed by atoms with Gasteiger partial charge in [-0.1, -0.05) is 0 Å². The predicted molar refractivity (Wildman–Crippen MR) is 92.1 cm³/mol. The number of aromatic nitrogens is 2. The predicted octanol–water partition coefficient (Wildman–Crippen LogP) is -1.48. The Bertz CT molecular complexity index is 1140. The molecule has 0 amide bonds. The van der Waals surface area contributed by atoms with Crippen LogP contribution in [-0.4, -0.2) is 64.3 Å². The van der Waals surface area contributed by atoms with Crippen molar-refractivity contribution in [3.63, 3.8) is 0 Å². The Labute approximate surface area is 178 Å². The molecule has 1 aromatic heterocycles. The number of alkyl halides is 3. The molecule has 23 heteroatoms. The van der Waals surface area contributed by atoms with Crippen molar-refractivity contribution in [1.82, 2.24) is 9.55 Å². The van der Waals surface area contributed by atoms with Crippen molar-refractivity contribution in [2.75, 3.05) is 6.61 Å². The lowest BCUT2D eigenvalue weighted by Crippen LogP contribution is -2.39. The molecule has 0 aliphatic carbocycles. The minimum Gasteiger partial charge on any atom is -0.387 e. The summed E-state index contributed by atoms with van der Waals surface area (Å²) in [6.07, 6.45) is -13.4. The van der Waals surface area contributed by atoms with E-state index in [4.69, 9.17) is 19.4 Å². The van der Waals surface area contributed by atoms with Crippen molar-refractivity contribution in [3.05, 3.63) is 32.6 Å². The van der Waals surface area contributed by atoms with Crippen molar-refractivity contribution >= 4 is 23.5 Å². The molecule has 0 spiro atoms. The lowest BCUT2D eigenvalue weighted by Gasteiger charge is -2.19. The molecular formula is C10H14F3N2O15P3. The Morgan fingerprint density at radius 3 is 2.12 bits per heavy atom. The summed E-state index contributed by atoms with van der Waals surface area (Å²) in [6, 6.07) is 0. The molecule has 0 aromatic carbocycles. The number of rotatable bonds is 8. The van der Waals surface area contributed by atoms with Crippen molar-refractivity contribution < 1.29 is 74.5 Å². The lowest BCUT2D eigenvalue weighted by atomic mass is 10.0. The van der Waals surface area contributed by atoms with Crippen molar-refractivity contribution in [1.29, 1.82) is 0 Å². The molecule has 6 atom stereocenters. The third-order valence-corrected chi connectivity index (χ3v) is 7.53. The van der Waals surface area contributed by atoms with Crippen LogP contribution >= 0.6 is 23.5 Å². The highest BCUT2D eigenvalue weighted by atomic mass is 31.3. The zero-order chi connectivity index (χ0) is 25.6. The van der Waals surface area contributed by atoms with Gasteiger partial charge in [0.2, 0.25) is 0 Å². The number of hydrogen-bond donors (Lipinski definition) is 7. The van der Waals surface area contributed by atoms with Gasteiger partial charge in [-0.2, -0.15) is 8.62 Å². The Morgan fingerprint density at radius 1 is 1.03 bits per heavy atom. The van der Waals surface area contributed by atoms with Gasteiger partial charge in [-0.3, -0.25) is 14.3 Å². The Morgan fingerprint density at radius 2 is 1.61 bits per heavy atom. The summed E-state index contributed by atoms with van der Waals surface area (Å²) in [5.41, 5.74) is -4.27. The summed E-state index contributed by atoms with van der Waals surface area (Å²) >= 11 is 0. The third kappa shape index (κ3) is 7.37. The van der Waals surface area contributed by atoms with E-state index in [2.05, 4.69) is 13.1 Å². The van der Waals surface area contributed by atoms with Crippen molar-refractivity contribution in [2.24, 2.45) is 0 Å². The van der Waals surface area contributed by atoms with Gasteiger partial charge in [-0.25, -0.2) is 23.1 Å². The number of nitrogens with one attached hydrogen (secondary N) is 1. The summed E-state index contributed by atoms with van der Waals surface area (Å²) in [7, 11) is -17.2. The maximum absolute atomic E-state index is 12.9. The highest BCUT2D eigenvalue weighted by Gasteiger charge is 2.47. The maximum Gasteiger partial charge on any atom is 0.492 e. The van der Waals surface area contributed by atoms with Crippen LogP contribution in [0.3, 0.4) is 0 Å². The summed E-state index contributed by atoms with van der Waals surface area (Å²) in [5, 5.41) is 20.0. The largest absolute Gasteiger partial charge is 0.492 e. The van der Waals surface area contributed by atoms with E-state index in [9.17, 15) is 51.6 Å². The molecule has 1 aromatic rings. The first kappa shape index (κ1) is 28.0. The summed E-state index contributed by atoms with van der Waals surface area (Å²) in [4.78, 5) is 59.8. The molecule has 190 valence electrons. The smallest absolute Gasteiger partial charge is 0.387 e. The zero-order valence-electron chi connectivity index (χ0n) is 15.4. The molecular weight excluding hydrogens is 538 g/mol. The van der Waals surface area contributed by atoms with E-state index in [0.29, 0.717) is 0 Å². The summed E-state index contributed by atoms with van der Waals surface area (Å²) in [6.45, 7) is -1.27. The molecule has 0 saturated carbocycles. The Hall–Kier alpha value is -1.24. The normalized spacial score (nSPS) is 27.8. The van der Waals surface area contributed by atoms with E-state index in [1.54, 1.807) is 0 Å². The summed E-state index contributed by atoms with van der Waals surface area (Å²) < 4.78 is 87.3. The molecule has 0 radical (unpaired) electrons.